The first kappa shape index (κ1) is 10.6. The van der Waals surface area contributed by atoms with E-state index in [2.05, 4.69) is 4.98 Å². The van der Waals surface area contributed by atoms with E-state index >= 15 is 0 Å². The lowest BCUT2D eigenvalue weighted by molar-refractivity contribution is 0.0697. The van der Waals surface area contributed by atoms with Gasteiger partial charge >= 0.3 is 5.97 Å². The molecule has 0 aliphatic carbocycles. The number of carboxylic acids is 1. The normalized spacial score (nSPS) is 10.1. The second-order valence-corrected chi connectivity index (χ2v) is 3.59. The monoisotopic (exact) mass is 233 g/mol. The molecule has 0 fully saturated rings. The summed E-state index contributed by atoms with van der Waals surface area (Å²) < 4.78 is 0. The van der Waals surface area contributed by atoms with E-state index in [4.69, 9.17) is 16.7 Å². The highest BCUT2D eigenvalue weighted by molar-refractivity contribution is 6.36. The summed E-state index contributed by atoms with van der Waals surface area (Å²) >= 11 is 6.03. The summed E-state index contributed by atoms with van der Waals surface area (Å²) in [5.74, 6) is -1.03. The largest absolute Gasteiger partial charge is 0.478 e. The van der Waals surface area contributed by atoms with Gasteiger partial charge in [-0.3, -0.25) is 4.98 Å². The van der Waals surface area contributed by atoms with Crippen LogP contribution in [-0.2, 0) is 0 Å². The molecule has 0 aliphatic heterocycles. The molecule has 2 aromatic rings. The molecule has 1 N–H and O–H groups in total. The second-order valence-electron chi connectivity index (χ2n) is 3.21. The molecule has 2 rings (SSSR count). The molecule has 1 aromatic heterocycles. The van der Waals surface area contributed by atoms with Crippen LogP contribution in [0, 0.1) is 0 Å². The van der Waals surface area contributed by atoms with Crippen molar-refractivity contribution in [1.82, 2.24) is 4.98 Å². The standard InChI is InChI=1S/C12H8ClNO2/c13-11-9(8-3-2-6-14-7-8)4-1-5-10(11)12(15)16/h1-7H,(H,15,16). The quantitative estimate of drug-likeness (QED) is 0.867. The Labute approximate surface area is 97.3 Å². The molecular weight excluding hydrogens is 226 g/mol. The van der Waals surface area contributed by atoms with E-state index in [1.807, 2.05) is 6.07 Å². The van der Waals surface area contributed by atoms with E-state index in [-0.39, 0.29) is 10.6 Å². The maximum atomic E-state index is 10.9. The van der Waals surface area contributed by atoms with E-state index in [0.29, 0.717) is 5.56 Å². The summed E-state index contributed by atoms with van der Waals surface area (Å²) in [5, 5.41) is 9.18. The Balaban J connectivity index is 2.59. The fourth-order valence-electron chi connectivity index (χ4n) is 1.44. The Morgan fingerprint density at radius 1 is 1.25 bits per heavy atom. The predicted molar refractivity (Wildman–Crippen MR) is 61.6 cm³/mol. The number of benzene rings is 1. The van der Waals surface area contributed by atoms with Gasteiger partial charge in [-0.15, -0.1) is 0 Å². The first-order valence-electron chi connectivity index (χ1n) is 4.62. The van der Waals surface area contributed by atoms with Crippen molar-refractivity contribution >= 4 is 17.6 Å². The van der Waals surface area contributed by atoms with Crippen molar-refractivity contribution < 1.29 is 9.90 Å². The number of pyridine rings is 1. The van der Waals surface area contributed by atoms with Crippen LogP contribution in [0.3, 0.4) is 0 Å². The van der Waals surface area contributed by atoms with Crippen LogP contribution in [0.5, 0.6) is 0 Å². The Bertz CT molecular complexity index is 526. The highest BCUT2D eigenvalue weighted by Gasteiger charge is 2.12. The molecule has 0 aliphatic rings. The van der Waals surface area contributed by atoms with Crippen molar-refractivity contribution in [2.75, 3.05) is 0 Å². The highest BCUT2D eigenvalue weighted by atomic mass is 35.5. The average molecular weight is 234 g/mol. The van der Waals surface area contributed by atoms with Crippen molar-refractivity contribution in [1.29, 1.82) is 0 Å². The predicted octanol–water partition coefficient (Wildman–Crippen LogP) is 3.10. The van der Waals surface area contributed by atoms with Crippen molar-refractivity contribution in [2.45, 2.75) is 0 Å². The first-order valence-corrected chi connectivity index (χ1v) is 5.00. The zero-order valence-corrected chi connectivity index (χ0v) is 8.98. The summed E-state index contributed by atoms with van der Waals surface area (Å²) in [6.45, 7) is 0. The maximum absolute atomic E-state index is 10.9. The Hall–Kier alpha value is -1.87. The molecule has 0 atom stereocenters. The van der Waals surface area contributed by atoms with E-state index < -0.39 is 5.97 Å². The fourth-order valence-corrected chi connectivity index (χ4v) is 1.76. The third kappa shape index (κ3) is 1.90. The minimum atomic E-state index is -1.03. The molecule has 0 saturated carbocycles. The number of aromatic carboxylic acids is 1. The number of nitrogens with zero attached hydrogens (tertiary/aromatic N) is 1. The summed E-state index contributed by atoms with van der Waals surface area (Å²) in [5.41, 5.74) is 1.58. The van der Waals surface area contributed by atoms with Crippen LogP contribution in [0.4, 0.5) is 0 Å². The first-order chi connectivity index (χ1) is 7.70. The Kier molecular flexibility index (Phi) is 2.88. The second kappa shape index (κ2) is 4.33. The van der Waals surface area contributed by atoms with Gasteiger partial charge in [-0.1, -0.05) is 29.8 Å². The van der Waals surface area contributed by atoms with Gasteiger partial charge in [-0.2, -0.15) is 0 Å². The zero-order chi connectivity index (χ0) is 11.5. The van der Waals surface area contributed by atoms with E-state index in [1.165, 1.54) is 6.07 Å². The highest BCUT2D eigenvalue weighted by Crippen LogP contribution is 2.29. The average Bonchev–Trinajstić information content (AvgIpc) is 2.30. The number of hydrogen-bond donors (Lipinski definition) is 1. The van der Waals surface area contributed by atoms with Crippen LogP contribution in [-0.4, -0.2) is 16.1 Å². The fraction of sp³-hybridized carbons (Fsp3) is 0. The summed E-state index contributed by atoms with van der Waals surface area (Å²) in [7, 11) is 0. The van der Waals surface area contributed by atoms with Gasteiger partial charge in [0.25, 0.3) is 0 Å². The molecule has 16 heavy (non-hydrogen) atoms. The van der Waals surface area contributed by atoms with Crippen molar-refractivity contribution in [3.05, 3.63) is 53.3 Å². The van der Waals surface area contributed by atoms with Gasteiger partial charge in [-0.25, -0.2) is 4.79 Å². The van der Waals surface area contributed by atoms with Gasteiger partial charge in [0, 0.05) is 23.5 Å². The number of carboxylic acid groups (broad SMARTS) is 1. The molecule has 0 unspecified atom stereocenters. The molecule has 0 saturated heterocycles. The number of halogens is 1. The molecule has 1 aromatic carbocycles. The molecule has 0 spiro atoms. The SMILES string of the molecule is O=C(O)c1cccc(-c2cccnc2)c1Cl. The lowest BCUT2D eigenvalue weighted by Gasteiger charge is -2.06. The number of hydrogen-bond acceptors (Lipinski definition) is 2. The Morgan fingerprint density at radius 3 is 2.69 bits per heavy atom. The van der Waals surface area contributed by atoms with Crippen LogP contribution in [0.2, 0.25) is 5.02 Å². The third-order valence-electron chi connectivity index (χ3n) is 2.20. The third-order valence-corrected chi connectivity index (χ3v) is 2.61. The lowest BCUT2D eigenvalue weighted by Crippen LogP contribution is -1.98. The van der Waals surface area contributed by atoms with Crippen LogP contribution in [0.25, 0.3) is 11.1 Å². The molecule has 4 heteroatoms. The van der Waals surface area contributed by atoms with Crippen LogP contribution < -0.4 is 0 Å². The number of aromatic nitrogens is 1. The number of carbonyl (C=O) groups is 1. The zero-order valence-electron chi connectivity index (χ0n) is 8.22. The van der Waals surface area contributed by atoms with Gasteiger partial charge < -0.3 is 5.11 Å². The van der Waals surface area contributed by atoms with E-state index in [9.17, 15) is 4.79 Å². The van der Waals surface area contributed by atoms with E-state index in [1.54, 1.807) is 30.6 Å². The molecule has 0 radical (unpaired) electrons. The van der Waals surface area contributed by atoms with Crippen LogP contribution in [0.1, 0.15) is 10.4 Å². The van der Waals surface area contributed by atoms with Gasteiger partial charge in [-0.05, 0) is 12.1 Å². The topological polar surface area (TPSA) is 50.2 Å². The lowest BCUT2D eigenvalue weighted by atomic mass is 10.0. The smallest absolute Gasteiger partial charge is 0.337 e. The summed E-state index contributed by atoms with van der Waals surface area (Å²) in [6.07, 6.45) is 3.30. The van der Waals surface area contributed by atoms with Crippen molar-refractivity contribution in [3.8, 4) is 11.1 Å². The summed E-state index contributed by atoms with van der Waals surface area (Å²) in [6, 6.07) is 8.52. The Morgan fingerprint density at radius 2 is 2.06 bits per heavy atom. The van der Waals surface area contributed by atoms with Gasteiger partial charge in [0.2, 0.25) is 0 Å². The number of rotatable bonds is 2. The minimum Gasteiger partial charge on any atom is -0.478 e. The maximum Gasteiger partial charge on any atom is 0.337 e. The van der Waals surface area contributed by atoms with E-state index in [0.717, 1.165) is 5.56 Å². The molecular formula is C12H8ClNO2. The van der Waals surface area contributed by atoms with Gasteiger partial charge in [0.1, 0.15) is 0 Å². The van der Waals surface area contributed by atoms with Crippen LogP contribution in [0.15, 0.2) is 42.7 Å². The molecule has 80 valence electrons. The summed E-state index contributed by atoms with van der Waals surface area (Å²) in [4.78, 5) is 14.9. The molecule has 3 nitrogen and oxygen atoms in total. The molecule has 1 heterocycles. The van der Waals surface area contributed by atoms with Crippen molar-refractivity contribution in [2.24, 2.45) is 0 Å². The van der Waals surface area contributed by atoms with Crippen LogP contribution >= 0.6 is 11.6 Å². The molecule has 0 bridgehead atoms. The van der Waals surface area contributed by atoms with Gasteiger partial charge in [0.15, 0.2) is 0 Å². The van der Waals surface area contributed by atoms with Gasteiger partial charge in [0.05, 0.1) is 10.6 Å². The minimum absolute atomic E-state index is 0.100. The molecule has 0 amide bonds. The van der Waals surface area contributed by atoms with Crippen molar-refractivity contribution in [3.63, 3.8) is 0 Å².